The molecule has 0 saturated carbocycles. The number of nitrogens with zero attached hydrogens (tertiary/aromatic N) is 1. The van der Waals surface area contributed by atoms with E-state index in [9.17, 15) is 13.2 Å². The molecule has 0 heterocycles. The number of carboxylic acid groups (broad SMARTS) is 1. The number of hydrogen-bond acceptors (Lipinski definition) is 3. The Balaban J connectivity index is 2.11. The Morgan fingerprint density at radius 3 is 1.96 bits per heavy atom. The molecule has 2 rings (SSSR count). The first-order valence-corrected chi connectivity index (χ1v) is 8.86. The van der Waals surface area contributed by atoms with Gasteiger partial charge < -0.3 is 5.11 Å². The molecule has 6 heteroatoms. The standard InChI is InChI=1S/C17H19NO4S/c19-17(20)13-18(12-11-15-7-3-1-4-8-15)23(21,22)14-16-9-5-2-6-10-16/h1-10H,11-14H2,(H,19,20). The van der Waals surface area contributed by atoms with Crippen LogP contribution in [0.5, 0.6) is 0 Å². The van der Waals surface area contributed by atoms with Gasteiger partial charge >= 0.3 is 5.97 Å². The summed E-state index contributed by atoms with van der Waals surface area (Å²) in [6.07, 6.45) is 0.474. The second kappa shape index (κ2) is 7.89. The van der Waals surface area contributed by atoms with Gasteiger partial charge in [0, 0.05) is 6.54 Å². The minimum atomic E-state index is -3.69. The molecule has 2 aromatic rings. The van der Waals surface area contributed by atoms with E-state index in [1.54, 1.807) is 30.3 Å². The average Bonchev–Trinajstić information content (AvgIpc) is 2.52. The van der Waals surface area contributed by atoms with Crippen LogP contribution in [0.4, 0.5) is 0 Å². The molecule has 23 heavy (non-hydrogen) atoms. The first kappa shape index (κ1) is 17.2. The molecule has 0 aliphatic rings. The third kappa shape index (κ3) is 5.50. The first-order valence-electron chi connectivity index (χ1n) is 7.25. The Kier molecular flexibility index (Phi) is 5.90. The van der Waals surface area contributed by atoms with Crippen LogP contribution in [0.2, 0.25) is 0 Å². The van der Waals surface area contributed by atoms with Gasteiger partial charge in [-0.2, -0.15) is 4.31 Å². The van der Waals surface area contributed by atoms with Gasteiger partial charge in [-0.05, 0) is 17.5 Å². The first-order chi connectivity index (χ1) is 11.0. The van der Waals surface area contributed by atoms with Crippen molar-refractivity contribution in [3.8, 4) is 0 Å². The Morgan fingerprint density at radius 2 is 1.43 bits per heavy atom. The van der Waals surface area contributed by atoms with Gasteiger partial charge in [-0.25, -0.2) is 8.42 Å². The van der Waals surface area contributed by atoms with Gasteiger partial charge in [-0.3, -0.25) is 4.79 Å². The molecule has 5 nitrogen and oxygen atoms in total. The molecule has 0 amide bonds. The van der Waals surface area contributed by atoms with Crippen molar-refractivity contribution in [3.63, 3.8) is 0 Å². The highest BCUT2D eigenvalue weighted by Crippen LogP contribution is 2.12. The number of benzene rings is 2. The predicted molar refractivity (Wildman–Crippen MR) is 88.4 cm³/mol. The predicted octanol–water partition coefficient (Wildman–Crippen LogP) is 2.15. The van der Waals surface area contributed by atoms with E-state index in [1.165, 1.54) is 0 Å². The van der Waals surface area contributed by atoms with Crippen molar-refractivity contribution >= 4 is 16.0 Å². The van der Waals surface area contributed by atoms with E-state index in [4.69, 9.17) is 5.11 Å². The summed E-state index contributed by atoms with van der Waals surface area (Å²) in [5.74, 6) is -1.36. The van der Waals surface area contributed by atoms with Crippen LogP contribution in [0.3, 0.4) is 0 Å². The molecule has 0 aliphatic carbocycles. The van der Waals surface area contributed by atoms with Gasteiger partial charge in [0.1, 0.15) is 6.54 Å². The lowest BCUT2D eigenvalue weighted by Gasteiger charge is -2.20. The SMILES string of the molecule is O=C(O)CN(CCc1ccccc1)S(=O)(=O)Cc1ccccc1. The summed E-state index contributed by atoms with van der Waals surface area (Å²) in [6.45, 7) is -0.381. The minimum absolute atomic E-state index is 0.144. The maximum absolute atomic E-state index is 12.5. The van der Waals surface area contributed by atoms with Crippen molar-refractivity contribution in [2.45, 2.75) is 12.2 Å². The van der Waals surface area contributed by atoms with Gasteiger partial charge in [0.15, 0.2) is 0 Å². The molecule has 1 N–H and O–H groups in total. The molecule has 0 aliphatic heterocycles. The third-order valence-corrected chi connectivity index (χ3v) is 5.19. The third-order valence-electron chi connectivity index (χ3n) is 3.39. The van der Waals surface area contributed by atoms with E-state index >= 15 is 0 Å². The van der Waals surface area contributed by atoms with Crippen LogP contribution in [0.25, 0.3) is 0 Å². The highest BCUT2D eigenvalue weighted by Gasteiger charge is 2.24. The van der Waals surface area contributed by atoms with Crippen molar-refractivity contribution in [2.75, 3.05) is 13.1 Å². The largest absolute Gasteiger partial charge is 0.480 e. The fourth-order valence-corrected chi connectivity index (χ4v) is 3.71. The van der Waals surface area contributed by atoms with Crippen molar-refractivity contribution < 1.29 is 18.3 Å². The van der Waals surface area contributed by atoms with E-state index in [1.807, 2.05) is 30.3 Å². The summed E-state index contributed by atoms with van der Waals surface area (Å²) in [4.78, 5) is 11.0. The van der Waals surface area contributed by atoms with Crippen molar-refractivity contribution in [1.29, 1.82) is 0 Å². The Hall–Kier alpha value is -2.18. The van der Waals surface area contributed by atoms with Crippen molar-refractivity contribution in [3.05, 3.63) is 71.8 Å². The van der Waals surface area contributed by atoms with Gasteiger partial charge in [0.25, 0.3) is 0 Å². The molecule has 0 atom stereocenters. The number of aliphatic carboxylic acids is 1. The van der Waals surface area contributed by atoms with Gasteiger partial charge in [-0.15, -0.1) is 0 Å². The number of sulfonamides is 1. The lowest BCUT2D eigenvalue weighted by atomic mass is 10.1. The monoisotopic (exact) mass is 333 g/mol. The van der Waals surface area contributed by atoms with E-state index in [2.05, 4.69) is 0 Å². The summed E-state index contributed by atoms with van der Waals surface area (Å²) in [7, 11) is -3.69. The topological polar surface area (TPSA) is 74.7 Å². The summed E-state index contributed by atoms with van der Waals surface area (Å²) < 4.78 is 26.1. The smallest absolute Gasteiger partial charge is 0.318 e. The fraction of sp³-hybridized carbons (Fsp3) is 0.235. The zero-order valence-electron chi connectivity index (χ0n) is 12.6. The van der Waals surface area contributed by atoms with Gasteiger partial charge in [0.05, 0.1) is 5.75 Å². The molecule has 2 aromatic carbocycles. The molecule has 0 saturated heterocycles. The minimum Gasteiger partial charge on any atom is -0.480 e. The second-order valence-corrected chi connectivity index (χ2v) is 7.17. The van der Waals surface area contributed by atoms with Crippen LogP contribution in [0.15, 0.2) is 60.7 Å². The van der Waals surface area contributed by atoms with E-state index in [0.29, 0.717) is 12.0 Å². The summed E-state index contributed by atoms with van der Waals surface area (Å²) in [5.41, 5.74) is 1.61. The molecule has 122 valence electrons. The Labute approximate surface area is 136 Å². The number of carbonyl (C=O) groups is 1. The van der Waals surface area contributed by atoms with Crippen LogP contribution in [-0.2, 0) is 27.0 Å². The van der Waals surface area contributed by atoms with E-state index in [-0.39, 0.29) is 12.3 Å². The normalized spacial score (nSPS) is 11.5. The molecule has 0 bridgehead atoms. The summed E-state index contributed by atoms with van der Waals surface area (Å²) in [6, 6.07) is 18.2. The molecule has 0 spiro atoms. The van der Waals surface area contributed by atoms with Crippen LogP contribution >= 0.6 is 0 Å². The zero-order chi connectivity index (χ0) is 16.7. The lowest BCUT2D eigenvalue weighted by Crippen LogP contribution is -2.38. The quantitative estimate of drug-likeness (QED) is 0.803. The summed E-state index contributed by atoms with van der Waals surface area (Å²) in [5, 5.41) is 9.00. The molecular weight excluding hydrogens is 314 g/mol. The van der Waals surface area contributed by atoms with Crippen LogP contribution < -0.4 is 0 Å². The Morgan fingerprint density at radius 1 is 0.913 bits per heavy atom. The van der Waals surface area contributed by atoms with Crippen LogP contribution in [0.1, 0.15) is 11.1 Å². The second-order valence-electron chi connectivity index (χ2n) is 5.20. The average molecular weight is 333 g/mol. The van der Waals surface area contributed by atoms with Crippen LogP contribution in [0, 0.1) is 0 Å². The highest BCUT2D eigenvalue weighted by molar-refractivity contribution is 7.88. The van der Waals surface area contributed by atoms with E-state index in [0.717, 1.165) is 9.87 Å². The van der Waals surface area contributed by atoms with E-state index < -0.39 is 22.5 Å². The van der Waals surface area contributed by atoms with Crippen molar-refractivity contribution in [2.24, 2.45) is 0 Å². The van der Waals surface area contributed by atoms with Crippen molar-refractivity contribution in [1.82, 2.24) is 4.31 Å². The number of carboxylic acids is 1. The molecule has 0 unspecified atom stereocenters. The zero-order valence-corrected chi connectivity index (χ0v) is 13.4. The van der Waals surface area contributed by atoms with Gasteiger partial charge in [-0.1, -0.05) is 60.7 Å². The fourth-order valence-electron chi connectivity index (χ4n) is 2.24. The molecule has 0 aromatic heterocycles. The molecule has 0 fully saturated rings. The highest BCUT2D eigenvalue weighted by atomic mass is 32.2. The van der Waals surface area contributed by atoms with Gasteiger partial charge in [0.2, 0.25) is 10.0 Å². The van der Waals surface area contributed by atoms with Crippen LogP contribution in [-0.4, -0.2) is 36.9 Å². The maximum atomic E-state index is 12.5. The molecule has 0 radical (unpaired) electrons. The molecular formula is C17H19NO4S. The lowest BCUT2D eigenvalue weighted by molar-refractivity contribution is -0.137. The number of rotatable bonds is 8. The maximum Gasteiger partial charge on any atom is 0.318 e. The number of hydrogen-bond donors (Lipinski definition) is 1. The Bertz CT molecular complexity index is 730. The summed E-state index contributed by atoms with van der Waals surface area (Å²) >= 11 is 0.